The van der Waals surface area contributed by atoms with Crippen LogP contribution in [0.1, 0.15) is 0 Å². The van der Waals surface area contributed by atoms with Crippen LogP contribution in [-0.4, -0.2) is 26.4 Å². The van der Waals surface area contributed by atoms with Crippen LogP contribution in [-0.2, 0) is 9.47 Å². The number of rotatable bonds is 1. The quantitative estimate of drug-likeness (QED) is 0.789. The molecule has 0 bridgehead atoms. The lowest BCUT2D eigenvalue weighted by Gasteiger charge is -2.19. The van der Waals surface area contributed by atoms with Crippen molar-refractivity contribution in [2.75, 3.05) is 19.1 Å². The number of benzene rings is 2. The highest BCUT2D eigenvalue weighted by atomic mass is 16.6. The third-order valence-electron chi connectivity index (χ3n) is 2.72. The van der Waals surface area contributed by atoms with E-state index in [0.29, 0.717) is 5.69 Å². The van der Waals surface area contributed by atoms with Gasteiger partial charge < -0.3 is 9.47 Å². The van der Waals surface area contributed by atoms with E-state index in [1.54, 1.807) is 12.1 Å². The van der Waals surface area contributed by atoms with E-state index in [2.05, 4.69) is 9.47 Å². The zero-order chi connectivity index (χ0) is 13.8. The minimum absolute atomic E-state index is 0.428. The van der Waals surface area contributed by atoms with Gasteiger partial charge in [0.15, 0.2) is 0 Å². The number of nitrogens with zero attached hydrogens (tertiary/aromatic N) is 1. The van der Waals surface area contributed by atoms with Gasteiger partial charge in [0.1, 0.15) is 0 Å². The number of carbonyl (C=O) groups is 2. The Labute approximate surface area is 110 Å². The van der Waals surface area contributed by atoms with Crippen molar-refractivity contribution in [2.24, 2.45) is 0 Å². The first-order valence-corrected chi connectivity index (χ1v) is 5.63. The lowest BCUT2D eigenvalue weighted by atomic mass is 10.1. The smallest absolute Gasteiger partial charge is 0.423 e. The highest BCUT2D eigenvalue weighted by Crippen LogP contribution is 2.27. The van der Waals surface area contributed by atoms with E-state index in [4.69, 9.17) is 0 Å². The first-order chi connectivity index (χ1) is 9.19. The van der Waals surface area contributed by atoms with Crippen LogP contribution in [0.3, 0.4) is 0 Å². The summed E-state index contributed by atoms with van der Waals surface area (Å²) in [7, 11) is 2.42. The minimum Gasteiger partial charge on any atom is -0.452 e. The highest BCUT2D eigenvalue weighted by molar-refractivity contribution is 6.14. The normalized spacial score (nSPS) is 10.0. The molecule has 0 heterocycles. The summed E-state index contributed by atoms with van der Waals surface area (Å²) < 4.78 is 9.25. The summed E-state index contributed by atoms with van der Waals surface area (Å²) in [6.07, 6.45) is -1.58. The molecule has 0 aliphatic carbocycles. The summed E-state index contributed by atoms with van der Waals surface area (Å²) >= 11 is 0. The molecule has 0 atom stereocenters. The molecule has 0 radical (unpaired) electrons. The van der Waals surface area contributed by atoms with Crippen LogP contribution in [0.2, 0.25) is 0 Å². The Morgan fingerprint density at radius 3 is 2.11 bits per heavy atom. The second-order valence-electron chi connectivity index (χ2n) is 3.77. The Balaban J connectivity index is 2.62. The second kappa shape index (κ2) is 5.39. The molecule has 0 aromatic heterocycles. The van der Waals surface area contributed by atoms with Crippen LogP contribution in [0, 0.1) is 0 Å². The van der Waals surface area contributed by atoms with Gasteiger partial charge >= 0.3 is 12.2 Å². The number of ether oxygens (including phenoxy) is 2. The van der Waals surface area contributed by atoms with E-state index in [1.807, 2.05) is 30.3 Å². The van der Waals surface area contributed by atoms with Gasteiger partial charge in [0.05, 0.1) is 19.9 Å². The Morgan fingerprint density at radius 1 is 0.895 bits per heavy atom. The SMILES string of the molecule is COC(=O)N(C(=O)OC)c1cccc2ccccc12. The third kappa shape index (κ3) is 2.35. The maximum absolute atomic E-state index is 11.8. The molecule has 0 saturated carbocycles. The standard InChI is InChI=1S/C14H13NO4/c1-18-13(16)15(14(17)19-2)12-9-5-7-10-6-3-4-8-11(10)12/h3-9H,1-2H3. The van der Waals surface area contributed by atoms with Gasteiger partial charge in [-0.3, -0.25) is 0 Å². The monoisotopic (exact) mass is 259 g/mol. The molecular weight excluding hydrogens is 246 g/mol. The summed E-state index contributed by atoms with van der Waals surface area (Å²) in [5, 5.41) is 1.68. The lowest BCUT2D eigenvalue weighted by Crippen LogP contribution is -2.36. The number of hydrogen-bond acceptors (Lipinski definition) is 4. The molecule has 0 aliphatic rings. The first-order valence-electron chi connectivity index (χ1n) is 5.63. The van der Waals surface area contributed by atoms with Crippen molar-refractivity contribution < 1.29 is 19.1 Å². The molecule has 5 heteroatoms. The molecule has 0 fully saturated rings. The fourth-order valence-electron chi connectivity index (χ4n) is 1.86. The van der Waals surface area contributed by atoms with Crippen LogP contribution < -0.4 is 4.90 Å². The van der Waals surface area contributed by atoms with Crippen molar-refractivity contribution in [3.63, 3.8) is 0 Å². The molecule has 0 spiro atoms. The fourth-order valence-corrected chi connectivity index (χ4v) is 1.86. The Kier molecular flexibility index (Phi) is 3.66. The molecule has 0 unspecified atom stereocenters. The summed E-state index contributed by atoms with van der Waals surface area (Å²) in [6.45, 7) is 0. The van der Waals surface area contributed by atoms with Crippen LogP contribution in [0.15, 0.2) is 42.5 Å². The average Bonchev–Trinajstić information content (AvgIpc) is 2.47. The average molecular weight is 259 g/mol. The molecule has 2 aromatic carbocycles. The van der Waals surface area contributed by atoms with E-state index < -0.39 is 12.2 Å². The van der Waals surface area contributed by atoms with Gasteiger partial charge in [-0.05, 0) is 11.5 Å². The van der Waals surface area contributed by atoms with E-state index in [9.17, 15) is 9.59 Å². The van der Waals surface area contributed by atoms with Crippen molar-refractivity contribution in [1.29, 1.82) is 0 Å². The van der Waals surface area contributed by atoms with Crippen molar-refractivity contribution >= 4 is 28.6 Å². The topological polar surface area (TPSA) is 55.8 Å². The van der Waals surface area contributed by atoms with Gasteiger partial charge in [-0.2, -0.15) is 4.90 Å². The molecule has 19 heavy (non-hydrogen) atoms. The number of imide groups is 1. The molecule has 2 rings (SSSR count). The van der Waals surface area contributed by atoms with Crippen LogP contribution in [0.25, 0.3) is 10.8 Å². The Bertz CT molecular complexity index is 602. The van der Waals surface area contributed by atoms with Gasteiger partial charge in [0.2, 0.25) is 0 Å². The molecule has 0 aliphatic heterocycles. The summed E-state index contributed by atoms with van der Waals surface area (Å²) in [4.78, 5) is 24.4. The predicted octanol–water partition coefficient (Wildman–Crippen LogP) is 3.18. The Hall–Kier alpha value is -2.56. The predicted molar refractivity (Wildman–Crippen MR) is 71.2 cm³/mol. The molecule has 0 N–H and O–H groups in total. The van der Waals surface area contributed by atoms with Gasteiger partial charge in [-0.15, -0.1) is 0 Å². The maximum Gasteiger partial charge on any atom is 0.423 e. The van der Waals surface area contributed by atoms with Gasteiger partial charge in [0, 0.05) is 5.39 Å². The lowest BCUT2D eigenvalue weighted by molar-refractivity contribution is 0.159. The van der Waals surface area contributed by atoms with E-state index in [1.165, 1.54) is 14.2 Å². The van der Waals surface area contributed by atoms with Crippen molar-refractivity contribution in [3.8, 4) is 0 Å². The number of methoxy groups -OCH3 is 2. The summed E-state index contributed by atoms with van der Waals surface area (Å²) in [5.41, 5.74) is 0.428. The largest absolute Gasteiger partial charge is 0.452 e. The fraction of sp³-hybridized carbons (Fsp3) is 0.143. The van der Waals surface area contributed by atoms with Crippen LogP contribution in [0.5, 0.6) is 0 Å². The first kappa shape index (κ1) is 12.9. The second-order valence-corrected chi connectivity index (χ2v) is 3.77. The number of fused-ring (bicyclic) bond motifs is 1. The molecule has 2 aromatic rings. The molecule has 0 saturated heterocycles. The Morgan fingerprint density at radius 2 is 1.47 bits per heavy atom. The van der Waals surface area contributed by atoms with Crippen LogP contribution in [0.4, 0.5) is 15.3 Å². The molecule has 5 nitrogen and oxygen atoms in total. The minimum atomic E-state index is -0.789. The van der Waals surface area contributed by atoms with Crippen molar-refractivity contribution in [1.82, 2.24) is 0 Å². The van der Waals surface area contributed by atoms with Gasteiger partial charge in [-0.25, -0.2) is 9.59 Å². The summed E-state index contributed by atoms with van der Waals surface area (Å²) in [5.74, 6) is 0. The van der Waals surface area contributed by atoms with Crippen LogP contribution >= 0.6 is 0 Å². The zero-order valence-electron chi connectivity index (χ0n) is 10.6. The maximum atomic E-state index is 11.8. The number of carbonyl (C=O) groups excluding carboxylic acids is 2. The van der Waals surface area contributed by atoms with E-state index in [-0.39, 0.29) is 0 Å². The third-order valence-corrected chi connectivity index (χ3v) is 2.72. The number of hydrogen-bond donors (Lipinski definition) is 0. The molecule has 2 amide bonds. The number of anilines is 1. The molecular formula is C14H13NO4. The van der Waals surface area contributed by atoms with E-state index >= 15 is 0 Å². The zero-order valence-corrected chi connectivity index (χ0v) is 10.6. The summed E-state index contributed by atoms with van der Waals surface area (Å²) in [6, 6.07) is 12.7. The van der Waals surface area contributed by atoms with E-state index in [0.717, 1.165) is 15.7 Å². The highest BCUT2D eigenvalue weighted by Gasteiger charge is 2.26. The van der Waals surface area contributed by atoms with Crippen molar-refractivity contribution in [3.05, 3.63) is 42.5 Å². The number of amides is 2. The molecule has 98 valence electrons. The van der Waals surface area contributed by atoms with Crippen molar-refractivity contribution in [2.45, 2.75) is 0 Å². The van der Waals surface area contributed by atoms with Gasteiger partial charge in [0.25, 0.3) is 0 Å². The van der Waals surface area contributed by atoms with Gasteiger partial charge in [-0.1, -0.05) is 36.4 Å².